The second-order valence-electron chi connectivity index (χ2n) is 5.34. The maximum Gasteiger partial charge on any atom is 0.271 e. The van der Waals surface area contributed by atoms with Crippen LogP contribution in [0.3, 0.4) is 0 Å². The molecule has 0 atom stereocenters. The van der Waals surface area contributed by atoms with Gasteiger partial charge in [-0.3, -0.25) is 10.1 Å². The highest BCUT2D eigenvalue weighted by molar-refractivity contribution is 6.33. The number of non-ortho nitro benzene ring substituents is 1. The minimum atomic E-state index is -0.430. The molecule has 0 amide bonds. The third-order valence-corrected chi connectivity index (χ3v) is 4.54. The van der Waals surface area contributed by atoms with E-state index in [1.165, 1.54) is 37.8 Å². The molecule has 1 aromatic rings. The first-order valence-corrected chi connectivity index (χ1v) is 7.12. The number of nitrogens with one attached hydrogen (secondary N) is 1. The van der Waals surface area contributed by atoms with Crippen molar-refractivity contribution < 1.29 is 4.92 Å². The molecule has 19 heavy (non-hydrogen) atoms. The Hall–Kier alpha value is -1.29. The van der Waals surface area contributed by atoms with Crippen molar-refractivity contribution in [2.24, 2.45) is 5.41 Å². The molecule has 4 nitrogen and oxygen atoms in total. The Bertz CT molecular complexity index is 471. The summed E-state index contributed by atoms with van der Waals surface area (Å²) in [6, 6.07) is 4.58. The lowest BCUT2D eigenvalue weighted by Crippen LogP contribution is -2.25. The Balaban J connectivity index is 2.05. The van der Waals surface area contributed by atoms with Crippen LogP contribution in [0.1, 0.15) is 39.0 Å². The van der Waals surface area contributed by atoms with Crippen molar-refractivity contribution in [3.8, 4) is 0 Å². The molecule has 1 fully saturated rings. The first-order chi connectivity index (χ1) is 9.06. The van der Waals surface area contributed by atoms with Crippen LogP contribution >= 0.6 is 11.6 Å². The average Bonchev–Trinajstić information content (AvgIpc) is 2.86. The fourth-order valence-electron chi connectivity index (χ4n) is 2.82. The van der Waals surface area contributed by atoms with E-state index in [4.69, 9.17) is 11.6 Å². The molecule has 0 saturated heterocycles. The summed E-state index contributed by atoms with van der Waals surface area (Å²) in [6.45, 7) is 3.12. The zero-order valence-corrected chi connectivity index (χ0v) is 11.9. The first kappa shape index (κ1) is 14.1. The van der Waals surface area contributed by atoms with Crippen LogP contribution in [0.4, 0.5) is 11.4 Å². The third kappa shape index (κ3) is 3.18. The second-order valence-corrected chi connectivity index (χ2v) is 5.74. The zero-order chi connectivity index (χ0) is 13.9. The van der Waals surface area contributed by atoms with Gasteiger partial charge < -0.3 is 5.32 Å². The van der Waals surface area contributed by atoms with E-state index in [-0.39, 0.29) is 5.69 Å². The summed E-state index contributed by atoms with van der Waals surface area (Å²) in [5.74, 6) is 0. The summed E-state index contributed by atoms with van der Waals surface area (Å²) in [5.41, 5.74) is 1.18. The zero-order valence-electron chi connectivity index (χ0n) is 11.1. The molecule has 1 aromatic carbocycles. The van der Waals surface area contributed by atoms with E-state index in [1.807, 2.05) is 0 Å². The molecule has 0 aliphatic heterocycles. The van der Waals surface area contributed by atoms with Gasteiger partial charge in [0, 0.05) is 18.7 Å². The van der Waals surface area contributed by atoms with Gasteiger partial charge >= 0.3 is 0 Å². The molecular formula is C14H19ClN2O2. The summed E-state index contributed by atoms with van der Waals surface area (Å²) < 4.78 is 0. The van der Waals surface area contributed by atoms with E-state index in [0.29, 0.717) is 10.4 Å². The molecule has 1 aliphatic rings. The molecule has 0 aromatic heterocycles. The number of anilines is 1. The van der Waals surface area contributed by atoms with Crippen LogP contribution in [0.5, 0.6) is 0 Å². The van der Waals surface area contributed by atoms with Gasteiger partial charge in [-0.05, 0) is 30.7 Å². The second kappa shape index (κ2) is 5.78. The van der Waals surface area contributed by atoms with Crippen molar-refractivity contribution in [1.82, 2.24) is 0 Å². The summed E-state index contributed by atoms with van der Waals surface area (Å²) >= 11 is 6.08. The number of hydrogen-bond donors (Lipinski definition) is 1. The highest BCUT2D eigenvalue weighted by atomic mass is 35.5. The van der Waals surface area contributed by atoms with Gasteiger partial charge in [-0.15, -0.1) is 0 Å². The van der Waals surface area contributed by atoms with Crippen molar-refractivity contribution in [3.63, 3.8) is 0 Å². The highest BCUT2D eigenvalue weighted by Crippen LogP contribution is 2.41. The van der Waals surface area contributed by atoms with E-state index in [2.05, 4.69) is 12.2 Å². The van der Waals surface area contributed by atoms with Gasteiger partial charge in [0.15, 0.2) is 0 Å². The predicted molar refractivity (Wildman–Crippen MR) is 77.8 cm³/mol. The summed E-state index contributed by atoms with van der Waals surface area (Å²) in [5, 5.41) is 14.4. The van der Waals surface area contributed by atoms with Crippen LogP contribution in [0, 0.1) is 15.5 Å². The van der Waals surface area contributed by atoms with Gasteiger partial charge in [0.05, 0.1) is 15.6 Å². The number of nitro groups is 1. The smallest absolute Gasteiger partial charge is 0.271 e. The van der Waals surface area contributed by atoms with Crippen molar-refractivity contribution in [1.29, 1.82) is 0 Å². The molecule has 0 unspecified atom stereocenters. The monoisotopic (exact) mass is 282 g/mol. The van der Waals surface area contributed by atoms with Gasteiger partial charge in [-0.2, -0.15) is 0 Å². The molecule has 0 bridgehead atoms. The largest absolute Gasteiger partial charge is 0.383 e. The third-order valence-electron chi connectivity index (χ3n) is 4.23. The molecule has 0 spiro atoms. The lowest BCUT2D eigenvalue weighted by molar-refractivity contribution is -0.384. The molecule has 1 saturated carbocycles. The Morgan fingerprint density at radius 3 is 2.63 bits per heavy atom. The molecule has 1 N–H and O–H groups in total. The van der Waals surface area contributed by atoms with E-state index < -0.39 is 4.92 Å². The lowest BCUT2D eigenvalue weighted by Gasteiger charge is -2.28. The fraction of sp³-hybridized carbons (Fsp3) is 0.571. The molecule has 0 heterocycles. The van der Waals surface area contributed by atoms with E-state index in [9.17, 15) is 10.1 Å². The number of rotatable bonds is 5. The van der Waals surface area contributed by atoms with Crippen LogP contribution in [0.2, 0.25) is 5.02 Å². The van der Waals surface area contributed by atoms with Crippen LogP contribution in [0.25, 0.3) is 0 Å². The normalized spacial score (nSPS) is 17.4. The molecule has 5 heteroatoms. The minimum Gasteiger partial charge on any atom is -0.383 e. The van der Waals surface area contributed by atoms with E-state index in [0.717, 1.165) is 18.7 Å². The van der Waals surface area contributed by atoms with E-state index in [1.54, 1.807) is 6.07 Å². The molecule has 0 radical (unpaired) electrons. The predicted octanol–water partition coefficient (Wildman–Crippen LogP) is 4.63. The molecular weight excluding hydrogens is 264 g/mol. The molecule has 2 rings (SSSR count). The van der Waals surface area contributed by atoms with Gasteiger partial charge in [0.1, 0.15) is 0 Å². The quantitative estimate of drug-likeness (QED) is 0.633. The lowest BCUT2D eigenvalue weighted by atomic mass is 9.83. The Labute approximate surface area is 118 Å². The van der Waals surface area contributed by atoms with Gasteiger partial charge in [-0.25, -0.2) is 0 Å². The summed E-state index contributed by atoms with van der Waals surface area (Å²) in [6.07, 6.45) is 6.25. The van der Waals surface area contributed by atoms with Gasteiger partial charge in [0.2, 0.25) is 0 Å². The van der Waals surface area contributed by atoms with Crippen molar-refractivity contribution in [2.45, 2.75) is 39.0 Å². The number of hydrogen-bond acceptors (Lipinski definition) is 3. The number of benzene rings is 1. The summed E-state index contributed by atoms with van der Waals surface area (Å²) in [7, 11) is 0. The topological polar surface area (TPSA) is 55.2 Å². The van der Waals surface area contributed by atoms with Crippen LogP contribution in [0.15, 0.2) is 18.2 Å². The maximum atomic E-state index is 10.7. The standard InChI is InChI=1S/C14H19ClN2O2/c1-2-14(7-3-4-8-14)10-16-13-6-5-11(17(18)19)9-12(13)15/h5-6,9,16H,2-4,7-8,10H2,1H3. The minimum absolute atomic E-state index is 0.0293. The van der Waals surface area contributed by atoms with Crippen molar-refractivity contribution in [3.05, 3.63) is 33.3 Å². The fourth-order valence-corrected chi connectivity index (χ4v) is 3.07. The van der Waals surface area contributed by atoms with Crippen LogP contribution < -0.4 is 5.32 Å². The Morgan fingerprint density at radius 1 is 1.42 bits per heavy atom. The van der Waals surface area contributed by atoms with Gasteiger partial charge in [0.25, 0.3) is 5.69 Å². The number of halogens is 1. The molecule has 1 aliphatic carbocycles. The first-order valence-electron chi connectivity index (χ1n) is 6.74. The van der Waals surface area contributed by atoms with Crippen molar-refractivity contribution >= 4 is 23.0 Å². The average molecular weight is 283 g/mol. The Kier molecular flexibility index (Phi) is 4.30. The van der Waals surface area contributed by atoms with Gasteiger partial charge in [-0.1, -0.05) is 31.4 Å². The van der Waals surface area contributed by atoms with Crippen LogP contribution in [-0.4, -0.2) is 11.5 Å². The van der Waals surface area contributed by atoms with Crippen molar-refractivity contribution in [2.75, 3.05) is 11.9 Å². The summed E-state index contributed by atoms with van der Waals surface area (Å²) in [4.78, 5) is 10.2. The molecule has 104 valence electrons. The SMILES string of the molecule is CCC1(CNc2ccc([N+](=O)[O-])cc2Cl)CCCC1. The highest BCUT2D eigenvalue weighted by Gasteiger charge is 2.31. The number of nitrogens with zero attached hydrogens (tertiary/aromatic N) is 1. The maximum absolute atomic E-state index is 10.7. The van der Waals surface area contributed by atoms with E-state index >= 15 is 0 Å². The number of nitro benzene ring substituents is 1. The van der Waals surface area contributed by atoms with Crippen LogP contribution in [-0.2, 0) is 0 Å². The Morgan fingerprint density at radius 2 is 2.11 bits per heavy atom.